The molecule has 0 aliphatic rings. The molecule has 238 valence electrons. The molecule has 0 saturated carbocycles. The normalized spacial score (nSPS) is 11.9. The van der Waals surface area contributed by atoms with Crippen LogP contribution in [0.25, 0.3) is 105 Å². The first-order valence-corrected chi connectivity index (χ1v) is 17.1. The fraction of sp³-hybridized carbons (Fsp3) is 0. The second-order valence-corrected chi connectivity index (χ2v) is 13.0. The molecule has 51 heavy (non-hydrogen) atoms. The van der Waals surface area contributed by atoms with Crippen LogP contribution in [-0.4, -0.2) is 14.5 Å². The Hall–Kier alpha value is -6.98. The molecular formula is C46H27N3O2. The van der Waals surface area contributed by atoms with Crippen LogP contribution in [0.5, 0.6) is 0 Å². The van der Waals surface area contributed by atoms with Crippen LogP contribution in [0.15, 0.2) is 173 Å². The average Bonchev–Trinajstić information content (AvgIpc) is 3.87. The van der Waals surface area contributed by atoms with Crippen molar-refractivity contribution in [2.24, 2.45) is 0 Å². The fourth-order valence-corrected chi connectivity index (χ4v) is 7.69. The third kappa shape index (κ3) is 4.28. The molecule has 5 nitrogen and oxygen atoms in total. The quantitative estimate of drug-likeness (QED) is 0.190. The topological polar surface area (TPSA) is 57.0 Å². The summed E-state index contributed by atoms with van der Waals surface area (Å²) < 4.78 is 15.3. The van der Waals surface area contributed by atoms with E-state index in [4.69, 9.17) is 18.8 Å². The molecule has 0 bridgehead atoms. The van der Waals surface area contributed by atoms with Crippen LogP contribution in [0, 0.1) is 0 Å². The molecule has 0 spiro atoms. The summed E-state index contributed by atoms with van der Waals surface area (Å²) in [6.45, 7) is 0. The fourth-order valence-electron chi connectivity index (χ4n) is 7.69. The Morgan fingerprint density at radius 3 is 1.53 bits per heavy atom. The Labute approximate surface area is 291 Å². The lowest BCUT2D eigenvalue weighted by atomic mass is 10.0. The van der Waals surface area contributed by atoms with Crippen molar-refractivity contribution in [3.05, 3.63) is 164 Å². The maximum absolute atomic E-state index is 6.50. The minimum absolute atomic E-state index is 0.685. The minimum atomic E-state index is 0.685. The van der Waals surface area contributed by atoms with E-state index in [0.717, 1.165) is 77.6 Å². The van der Waals surface area contributed by atoms with Crippen molar-refractivity contribution in [2.45, 2.75) is 0 Å². The van der Waals surface area contributed by atoms with Gasteiger partial charge >= 0.3 is 0 Å². The van der Waals surface area contributed by atoms with Gasteiger partial charge in [0.1, 0.15) is 22.3 Å². The van der Waals surface area contributed by atoms with Gasteiger partial charge < -0.3 is 13.4 Å². The molecule has 0 saturated heterocycles. The van der Waals surface area contributed by atoms with Crippen LogP contribution in [0.4, 0.5) is 0 Å². The molecule has 5 heteroatoms. The third-order valence-electron chi connectivity index (χ3n) is 10.0. The highest BCUT2D eigenvalue weighted by atomic mass is 16.3. The molecule has 4 heterocycles. The highest BCUT2D eigenvalue weighted by Crippen LogP contribution is 2.42. The van der Waals surface area contributed by atoms with Gasteiger partial charge in [-0.3, -0.25) is 0 Å². The smallest absolute Gasteiger partial charge is 0.160 e. The number of nitrogens with zero attached hydrogens (tertiary/aromatic N) is 3. The summed E-state index contributed by atoms with van der Waals surface area (Å²) in [5.74, 6) is 0.685. The van der Waals surface area contributed by atoms with Crippen molar-refractivity contribution >= 4 is 65.7 Å². The molecule has 0 unspecified atom stereocenters. The SMILES string of the molecule is c1ccc(-c2cc(-c3ccc4oc5ccc6oc7ccc(-n8c9ccccc9c9ccccc98)cc7c6c5c4c3)nc(-c3ccccc3)n2)cc1. The van der Waals surface area contributed by atoms with Gasteiger partial charge in [-0.2, -0.15) is 0 Å². The summed E-state index contributed by atoms with van der Waals surface area (Å²) in [5.41, 5.74) is 11.4. The summed E-state index contributed by atoms with van der Waals surface area (Å²) in [6, 6.07) is 56.5. The molecule has 0 aliphatic carbocycles. The van der Waals surface area contributed by atoms with Crippen molar-refractivity contribution in [1.82, 2.24) is 14.5 Å². The second kappa shape index (κ2) is 10.8. The molecule has 7 aromatic carbocycles. The van der Waals surface area contributed by atoms with Crippen LogP contribution in [-0.2, 0) is 0 Å². The predicted molar refractivity (Wildman–Crippen MR) is 207 cm³/mol. The van der Waals surface area contributed by atoms with Gasteiger partial charge in [-0.1, -0.05) is 97.1 Å². The molecule has 0 radical (unpaired) electrons. The average molecular weight is 654 g/mol. The largest absolute Gasteiger partial charge is 0.456 e. The Balaban J connectivity index is 1.15. The summed E-state index contributed by atoms with van der Waals surface area (Å²) in [7, 11) is 0. The highest BCUT2D eigenvalue weighted by Gasteiger charge is 2.20. The van der Waals surface area contributed by atoms with Gasteiger partial charge in [0.15, 0.2) is 5.82 Å². The van der Waals surface area contributed by atoms with E-state index in [9.17, 15) is 0 Å². The van der Waals surface area contributed by atoms with Crippen LogP contribution in [0.1, 0.15) is 0 Å². The van der Waals surface area contributed by atoms with Gasteiger partial charge in [0.2, 0.25) is 0 Å². The van der Waals surface area contributed by atoms with Crippen LogP contribution < -0.4 is 0 Å². The number of benzene rings is 7. The molecule has 0 fully saturated rings. The van der Waals surface area contributed by atoms with Gasteiger partial charge in [0.05, 0.1) is 22.4 Å². The molecule has 0 atom stereocenters. The van der Waals surface area contributed by atoms with Gasteiger partial charge in [-0.25, -0.2) is 9.97 Å². The third-order valence-corrected chi connectivity index (χ3v) is 10.0. The van der Waals surface area contributed by atoms with E-state index in [-0.39, 0.29) is 0 Å². The van der Waals surface area contributed by atoms with Crippen molar-refractivity contribution < 1.29 is 8.83 Å². The molecule has 11 rings (SSSR count). The minimum Gasteiger partial charge on any atom is -0.456 e. The Morgan fingerprint density at radius 1 is 0.373 bits per heavy atom. The van der Waals surface area contributed by atoms with Gasteiger partial charge in [-0.05, 0) is 66.7 Å². The lowest BCUT2D eigenvalue weighted by molar-refractivity contribution is 0.663. The summed E-state index contributed by atoms with van der Waals surface area (Å²) >= 11 is 0. The summed E-state index contributed by atoms with van der Waals surface area (Å²) in [5, 5.41) is 6.59. The van der Waals surface area contributed by atoms with E-state index in [1.807, 2.05) is 48.5 Å². The van der Waals surface area contributed by atoms with E-state index in [1.165, 1.54) is 21.8 Å². The second-order valence-electron chi connectivity index (χ2n) is 13.0. The number of aromatic nitrogens is 3. The Morgan fingerprint density at radius 2 is 0.882 bits per heavy atom. The van der Waals surface area contributed by atoms with Gasteiger partial charge in [0, 0.05) is 54.7 Å². The van der Waals surface area contributed by atoms with Crippen molar-refractivity contribution in [2.75, 3.05) is 0 Å². The van der Waals surface area contributed by atoms with E-state index < -0.39 is 0 Å². The zero-order valence-electron chi connectivity index (χ0n) is 27.2. The highest BCUT2D eigenvalue weighted by molar-refractivity contribution is 6.26. The molecular weight excluding hydrogens is 627 g/mol. The molecule has 0 amide bonds. The Bertz CT molecular complexity index is 3020. The zero-order valence-corrected chi connectivity index (χ0v) is 27.2. The first-order valence-electron chi connectivity index (χ1n) is 17.1. The van der Waals surface area contributed by atoms with Crippen LogP contribution in [0.3, 0.4) is 0 Å². The monoisotopic (exact) mass is 653 g/mol. The lowest BCUT2D eigenvalue weighted by Crippen LogP contribution is -1.95. The number of rotatable bonds is 4. The van der Waals surface area contributed by atoms with E-state index in [1.54, 1.807) is 0 Å². The maximum Gasteiger partial charge on any atom is 0.160 e. The zero-order chi connectivity index (χ0) is 33.5. The molecule has 11 aromatic rings. The number of hydrogen-bond donors (Lipinski definition) is 0. The van der Waals surface area contributed by atoms with Gasteiger partial charge in [-0.15, -0.1) is 0 Å². The Kier molecular flexibility index (Phi) is 5.89. The molecule has 0 N–H and O–H groups in total. The van der Waals surface area contributed by atoms with E-state index >= 15 is 0 Å². The van der Waals surface area contributed by atoms with E-state index in [0.29, 0.717) is 5.82 Å². The van der Waals surface area contributed by atoms with Crippen molar-refractivity contribution in [3.8, 4) is 39.6 Å². The summed E-state index contributed by atoms with van der Waals surface area (Å²) in [4.78, 5) is 10.1. The number of hydrogen-bond acceptors (Lipinski definition) is 4. The number of fused-ring (bicyclic) bond motifs is 10. The standard InChI is InChI=1S/C46H27N3O2/c1-3-11-28(12-4-1)36-27-37(48-46(47-36)29-13-5-2-6-14-29)30-19-21-40-34(25-30)44-42(50-40)23-24-43-45(44)35-26-31(20-22-41(35)51-43)49-38-17-9-7-15-32(38)33-16-8-10-18-39(33)49/h1-27H. The predicted octanol–water partition coefficient (Wildman–Crippen LogP) is 12.4. The van der Waals surface area contributed by atoms with E-state index in [2.05, 4.69) is 120 Å². The van der Waals surface area contributed by atoms with Gasteiger partial charge in [0.25, 0.3) is 0 Å². The summed E-state index contributed by atoms with van der Waals surface area (Å²) in [6.07, 6.45) is 0. The number of para-hydroxylation sites is 2. The van der Waals surface area contributed by atoms with Crippen molar-refractivity contribution in [3.63, 3.8) is 0 Å². The molecule has 4 aromatic heterocycles. The number of furan rings is 2. The first kappa shape index (κ1) is 27.9. The maximum atomic E-state index is 6.50. The van der Waals surface area contributed by atoms with Crippen LogP contribution >= 0.6 is 0 Å². The van der Waals surface area contributed by atoms with Crippen LogP contribution in [0.2, 0.25) is 0 Å². The lowest BCUT2D eigenvalue weighted by Gasteiger charge is -2.09. The molecule has 0 aliphatic heterocycles. The van der Waals surface area contributed by atoms with Crippen molar-refractivity contribution in [1.29, 1.82) is 0 Å². The first-order chi connectivity index (χ1) is 25.3.